The lowest BCUT2D eigenvalue weighted by molar-refractivity contribution is -0.120. The van der Waals surface area contributed by atoms with Crippen molar-refractivity contribution in [1.82, 2.24) is 5.32 Å². The molecular weight excluding hydrogens is 324 g/mol. The highest BCUT2D eigenvalue weighted by Crippen LogP contribution is 2.15. The molecule has 0 bridgehead atoms. The van der Waals surface area contributed by atoms with Crippen molar-refractivity contribution in [3.8, 4) is 5.75 Å². The van der Waals surface area contributed by atoms with E-state index in [2.05, 4.69) is 10.1 Å². The number of hydrogen-bond acceptors (Lipinski definition) is 2. The van der Waals surface area contributed by atoms with E-state index in [0.717, 1.165) is 11.1 Å². The maximum atomic E-state index is 12.0. The second-order valence-electron chi connectivity index (χ2n) is 4.93. The van der Waals surface area contributed by atoms with Crippen LogP contribution in [0.15, 0.2) is 48.5 Å². The summed E-state index contributed by atoms with van der Waals surface area (Å²) in [5, 5.41) is 3.48. The molecule has 0 fully saturated rings. The van der Waals surface area contributed by atoms with Gasteiger partial charge in [0.1, 0.15) is 5.75 Å². The average molecular weight is 340 g/mol. The average Bonchev–Trinajstić information content (AvgIpc) is 2.49. The lowest BCUT2D eigenvalue weighted by Crippen LogP contribution is -2.27. The van der Waals surface area contributed by atoms with Crippen molar-refractivity contribution in [3.05, 3.63) is 64.7 Å². The van der Waals surface area contributed by atoms with Crippen molar-refractivity contribution in [1.29, 1.82) is 0 Å². The Labute approximate surface area is 138 Å². The Morgan fingerprint density at radius 1 is 1.13 bits per heavy atom. The smallest absolute Gasteiger partial charge is 0.387 e. The van der Waals surface area contributed by atoms with E-state index < -0.39 is 6.61 Å². The zero-order chi connectivity index (χ0) is 16.7. The van der Waals surface area contributed by atoms with Crippen molar-refractivity contribution in [2.45, 2.75) is 19.5 Å². The summed E-state index contributed by atoms with van der Waals surface area (Å²) in [5.41, 5.74) is 1.78. The summed E-state index contributed by atoms with van der Waals surface area (Å²) in [6.07, 6.45) is 0.873. The van der Waals surface area contributed by atoms with Crippen LogP contribution < -0.4 is 10.1 Å². The third-order valence-corrected chi connectivity index (χ3v) is 3.37. The van der Waals surface area contributed by atoms with Gasteiger partial charge in [-0.1, -0.05) is 35.9 Å². The number of hydrogen-bond donors (Lipinski definition) is 1. The SMILES string of the molecule is O=C(Cc1ccc(OC(F)F)cc1)NCCc1cccc(Cl)c1. The molecule has 0 aromatic heterocycles. The molecule has 0 atom stereocenters. The number of amides is 1. The second-order valence-corrected chi connectivity index (χ2v) is 5.37. The Hall–Kier alpha value is -2.14. The van der Waals surface area contributed by atoms with Crippen LogP contribution in [0.1, 0.15) is 11.1 Å². The molecule has 2 aromatic carbocycles. The fourth-order valence-corrected chi connectivity index (χ4v) is 2.29. The molecular formula is C17H16ClF2NO2. The zero-order valence-electron chi connectivity index (χ0n) is 12.3. The van der Waals surface area contributed by atoms with Gasteiger partial charge in [0.2, 0.25) is 5.91 Å². The summed E-state index contributed by atoms with van der Waals surface area (Å²) in [4.78, 5) is 11.8. The lowest BCUT2D eigenvalue weighted by atomic mass is 10.1. The Morgan fingerprint density at radius 2 is 1.87 bits per heavy atom. The topological polar surface area (TPSA) is 38.3 Å². The third kappa shape index (κ3) is 6.24. The van der Waals surface area contributed by atoms with Gasteiger partial charge >= 0.3 is 6.61 Å². The molecule has 122 valence electrons. The fourth-order valence-electron chi connectivity index (χ4n) is 2.08. The molecule has 1 N–H and O–H groups in total. The van der Waals surface area contributed by atoms with E-state index in [1.807, 2.05) is 18.2 Å². The van der Waals surface area contributed by atoms with Gasteiger partial charge in [-0.2, -0.15) is 8.78 Å². The summed E-state index contributed by atoms with van der Waals surface area (Å²) in [6.45, 7) is -2.35. The van der Waals surface area contributed by atoms with Gasteiger partial charge in [-0.3, -0.25) is 4.79 Å². The zero-order valence-corrected chi connectivity index (χ0v) is 13.0. The van der Waals surface area contributed by atoms with Crippen molar-refractivity contribution in [2.75, 3.05) is 6.54 Å². The highest BCUT2D eigenvalue weighted by molar-refractivity contribution is 6.30. The molecule has 23 heavy (non-hydrogen) atoms. The molecule has 0 spiro atoms. The maximum Gasteiger partial charge on any atom is 0.387 e. The molecule has 0 aliphatic rings. The van der Waals surface area contributed by atoms with Gasteiger partial charge in [-0.25, -0.2) is 0 Å². The molecule has 0 aliphatic carbocycles. The second kappa shape index (κ2) is 8.48. The number of halogens is 3. The molecule has 6 heteroatoms. The predicted molar refractivity (Wildman–Crippen MR) is 84.9 cm³/mol. The predicted octanol–water partition coefficient (Wildman–Crippen LogP) is 3.84. The van der Waals surface area contributed by atoms with Crippen LogP contribution in [-0.2, 0) is 17.6 Å². The van der Waals surface area contributed by atoms with Crippen molar-refractivity contribution < 1.29 is 18.3 Å². The largest absolute Gasteiger partial charge is 0.435 e. The molecule has 1 amide bonds. The van der Waals surface area contributed by atoms with Crippen molar-refractivity contribution in [2.24, 2.45) is 0 Å². The number of benzene rings is 2. The summed E-state index contributed by atoms with van der Waals surface area (Å²) in [5.74, 6) is -0.0559. The van der Waals surface area contributed by atoms with Gasteiger partial charge in [0.15, 0.2) is 0 Å². The molecule has 2 rings (SSSR count). The minimum absolute atomic E-state index is 0.0742. The Balaban J connectivity index is 1.76. The first-order valence-electron chi connectivity index (χ1n) is 7.08. The first kappa shape index (κ1) is 17.2. The van der Waals surface area contributed by atoms with Crippen LogP contribution in [0.5, 0.6) is 5.75 Å². The quantitative estimate of drug-likeness (QED) is 0.832. The minimum Gasteiger partial charge on any atom is -0.435 e. The van der Waals surface area contributed by atoms with Gasteiger partial charge < -0.3 is 10.1 Å². The summed E-state index contributed by atoms with van der Waals surface area (Å²) >= 11 is 5.89. The Bertz CT molecular complexity index is 647. The molecule has 0 saturated carbocycles. The van der Waals surface area contributed by atoms with Gasteiger partial charge in [0.25, 0.3) is 0 Å². The highest BCUT2D eigenvalue weighted by atomic mass is 35.5. The van der Waals surface area contributed by atoms with Crippen LogP contribution in [0.25, 0.3) is 0 Å². The number of alkyl halides is 2. The highest BCUT2D eigenvalue weighted by Gasteiger charge is 2.06. The van der Waals surface area contributed by atoms with Crippen molar-refractivity contribution >= 4 is 17.5 Å². The summed E-state index contributed by atoms with van der Waals surface area (Å²) in [7, 11) is 0. The number of rotatable bonds is 7. The molecule has 3 nitrogen and oxygen atoms in total. The normalized spacial score (nSPS) is 10.6. The number of ether oxygens (including phenoxy) is 1. The number of nitrogens with one attached hydrogen (secondary N) is 1. The molecule has 0 unspecified atom stereocenters. The van der Waals surface area contributed by atoms with Gasteiger partial charge in [0.05, 0.1) is 6.42 Å². The van der Waals surface area contributed by atoms with Crippen LogP contribution in [-0.4, -0.2) is 19.1 Å². The molecule has 0 heterocycles. The van der Waals surface area contributed by atoms with Gasteiger partial charge in [-0.05, 0) is 41.8 Å². The van der Waals surface area contributed by atoms with E-state index in [1.165, 1.54) is 12.1 Å². The van der Waals surface area contributed by atoms with Crippen LogP contribution in [0.4, 0.5) is 8.78 Å². The monoisotopic (exact) mass is 339 g/mol. The maximum absolute atomic E-state index is 12.0. The van der Waals surface area contributed by atoms with E-state index >= 15 is 0 Å². The summed E-state index contributed by atoms with van der Waals surface area (Å²) in [6, 6.07) is 13.5. The van der Waals surface area contributed by atoms with E-state index in [4.69, 9.17) is 11.6 Å². The minimum atomic E-state index is -2.85. The van der Waals surface area contributed by atoms with Crippen LogP contribution in [0.2, 0.25) is 5.02 Å². The van der Waals surface area contributed by atoms with Crippen LogP contribution in [0, 0.1) is 0 Å². The molecule has 2 aromatic rings. The number of carbonyl (C=O) groups excluding carboxylic acids is 1. The first-order valence-corrected chi connectivity index (χ1v) is 7.45. The summed E-state index contributed by atoms with van der Waals surface area (Å²) < 4.78 is 28.3. The number of carbonyl (C=O) groups is 1. The molecule has 0 radical (unpaired) electrons. The van der Waals surface area contributed by atoms with Gasteiger partial charge in [0, 0.05) is 11.6 Å². The Morgan fingerprint density at radius 3 is 2.52 bits per heavy atom. The fraction of sp³-hybridized carbons (Fsp3) is 0.235. The van der Waals surface area contributed by atoms with Crippen LogP contribution in [0.3, 0.4) is 0 Å². The first-order chi connectivity index (χ1) is 11.0. The van der Waals surface area contributed by atoms with Crippen molar-refractivity contribution in [3.63, 3.8) is 0 Å². The van der Waals surface area contributed by atoms with Gasteiger partial charge in [-0.15, -0.1) is 0 Å². The van der Waals surface area contributed by atoms with E-state index in [0.29, 0.717) is 18.0 Å². The van der Waals surface area contributed by atoms with E-state index in [9.17, 15) is 13.6 Å². The standard InChI is InChI=1S/C17H16ClF2NO2/c18-14-3-1-2-12(10-14)8-9-21-16(22)11-13-4-6-15(7-5-13)23-17(19)20/h1-7,10,17H,8-9,11H2,(H,21,22). The van der Waals surface area contributed by atoms with E-state index in [-0.39, 0.29) is 18.1 Å². The van der Waals surface area contributed by atoms with E-state index in [1.54, 1.807) is 18.2 Å². The van der Waals surface area contributed by atoms with Crippen LogP contribution >= 0.6 is 11.6 Å². The lowest BCUT2D eigenvalue weighted by Gasteiger charge is -2.07. The Kier molecular flexibility index (Phi) is 6.35. The molecule has 0 aliphatic heterocycles. The third-order valence-electron chi connectivity index (χ3n) is 3.14. The molecule has 0 saturated heterocycles.